The van der Waals surface area contributed by atoms with Gasteiger partial charge in [-0.1, -0.05) is 12.1 Å². The van der Waals surface area contributed by atoms with Gasteiger partial charge in [0.1, 0.15) is 0 Å². The van der Waals surface area contributed by atoms with Crippen molar-refractivity contribution in [3.8, 4) is 0 Å². The normalized spacial score (nSPS) is 31.6. The number of likely N-dealkylation sites (tertiary alicyclic amines) is 1. The number of aromatic amines is 1. The molecular formula is C15H19N3. The Bertz CT molecular complexity index is 615. The molecule has 2 aromatic rings. The fraction of sp³-hybridized carbons (Fsp3) is 0.467. The first kappa shape index (κ1) is 10.6. The smallest absolute Gasteiger partial charge is 0.0797 e. The summed E-state index contributed by atoms with van der Waals surface area (Å²) in [5.74, 6) is 0.475. The van der Waals surface area contributed by atoms with Crippen LogP contribution in [0.5, 0.6) is 0 Å². The van der Waals surface area contributed by atoms with Gasteiger partial charge in [0.2, 0.25) is 0 Å². The lowest BCUT2D eigenvalue weighted by Crippen LogP contribution is -2.63. The molecule has 18 heavy (non-hydrogen) atoms. The number of fused-ring (bicyclic) bond motifs is 2. The number of rotatable bonds is 0. The molecule has 2 aliphatic rings. The van der Waals surface area contributed by atoms with E-state index in [0.29, 0.717) is 5.92 Å². The summed E-state index contributed by atoms with van der Waals surface area (Å²) in [6, 6.07) is 6.58. The van der Waals surface area contributed by atoms with Crippen molar-refractivity contribution in [3.63, 3.8) is 0 Å². The third-order valence-electron chi connectivity index (χ3n) is 4.97. The van der Waals surface area contributed by atoms with Crippen molar-refractivity contribution in [1.29, 1.82) is 0 Å². The van der Waals surface area contributed by atoms with Crippen molar-refractivity contribution in [2.45, 2.75) is 30.8 Å². The van der Waals surface area contributed by atoms with Crippen LogP contribution < -0.4 is 5.73 Å². The molecule has 3 heteroatoms. The molecule has 1 saturated heterocycles. The Balaban J connectivity index is 1.99. The molecule has 3 N–H and O–H groups in total. The predicted octanol–water partition coefficient (Wildman–Crippen LogP) is 2.19. The molecule has 1 aliphatic carbocycles. The van der Waals surface area contributed by atoms with Gasteiger partial charge in [0.15, 0.2) is 0 Å². The summed E-state index contributed by atoms with van der Waals surface area (Å²) in [5.41, 5.74) is 10.7. The zero-order valence-corrected chi connectivity index (χ0v) is 10.7. The Kier molecular flexibility index (Phi) is 1.98. The van der Waals surface area contributed by atoms with E-state index in [0.717, 1.165) is 13.0 Å². The minimum Gasteiger partial charge on any atom is -0.361 e. The molecule has 0 bridgehead atoms. The van der Waals surface area contributed by atoms with Crippen LogP contribution in [0.1, 0.15) is 29.9 Å². The lowest BCUT2D eigenvalue weighted by Gasteiger charge is -2.50. The van der Waals surface area contributed by atoms with Crippen LogP contribution in [0.4, 0.5) is 0 Å². The second kappa shape index (κ2) is 3.37. The van der Waals surface area contributed by atoms with Crippen LogP contribution in [0.2, 0.25) is 0 Å². The number of H-pyrrole nitrogens is 1. The maximum Gasteiger partial charge on any atom is 0.0797 e. The summed E-state index contributed by atoms with van der Waals surface area (Å²) in [6.07, 6.45) is 5.56. The van der Waals surface area contributed by atoms with E-state index in [1.165, 1.54) is 34.9 Å². The molecule has 0 saturated carbocycles. The summed E-state index contributed by atoms with van der Waals surface area (Å²) < 4.78 is 0. The lowest BCUT2D eigenvalue weighted by molar-refractivity contribution is 0.0527. The third-order valence-corrected chi connectivity index (χ3v) is 4.97. The minimum absolute atomic E-state index is 0.193. The summed E-state index contributed by atoms with van der Waals surface area (Å²) in [7, 11) is 2.17. The van der Waals surface area contributed by atoms with Gasteiger partial charge in [-0.15, -0.1) is 0 Å². The molecule has 1 aromatic carbocycles. The Labute approximate surface area is 107 Å². The first-order valence-electron chi connectivity index (χ1n) is 6.79. The molecule has 0 radical (unpaired) electrons. The molecule has 0 spiro atoms. The van der Waals surface area contributed by atoms with Crippen LogP contribution in [-0.4, -0.2) is 29.1 Å². The highest BCUT2D eigenvalue weighted by Gasteiger charge is 2.45. The van der Waals surface area contributed by atoms with Crippen LogP contribution in [0, 0.1) is 0 Å². The van der Waals surface area contributed by atoms with Crippen molar-refractivity contribution < 1.29 is 0 Å². The first-order valence-corrected chi connectivity index (χ1v) is 6.79. The van der Waals surface area contributed by atoms with E-state index in [1.807, 2.05) is 0 Å². The van der Waals surface area contributed by atoms with Crippen molar-refractivity contribution in [1.82, 2.24) is 9.88 Å². The maximum atomic E-state index is 6.77. The molecule has 1 aliphatic heterocycles. The van der Waals surface area contributed by atoms with Gasteiger partial charge in [-0.3, -0.25) is 4.90 Å². The molecule has 0 amide bonds. The third kappa shape index (κ3) is 1.16. The monoisotopic (exact) mass is 241 g/mol. The number of hydrogen-bond donors (Lipinski definition) is 2. The predicted molar refractivity (Wildman–Crippen MR) is 73.5 cm³/mol. The average molecular weight is 241 g/mol. The van der Waals surface area contributed by atoms with Gasteiger partial charge in [-0.2, -0.15) is 0 Å². The van der Waals surface area contributed by atoms with Gasteiger partial charge in [0.25, 0.3) is 0 Å². The highest BCUT2D eigenvalue weighted by molar-refractivity contribution is 5.88. The second-order valence-corrected chi connectivity index (χ2v) is 5.87. The standard InChI is InChI=1S/C15H19N3/c1-18-7-3-5-12-11-4-2-6-13-14(11)10(9-17-13)8-15(12,18)16/h2,4,6,9,12,17H,3,5,7-8,16H2,1H3/t12?,15-/m1/s1. The molecule has 1 aromatic heterocycles. The molecular weight excluding hydrogens is 222 g/mol. The van der Waals surface area contributed by atoms with E-state index in [-0.39, 0.29) is 5.66 Å². The second-order valence-electron chi connectivity index (χ2n) is 5.87. The Morgan fingerprint density at radius 1 is 1.44 bits per heavy atom. The molecule has 1 unspecified atom stereocenters. The lowest BCUT2D eigenvalue weighted by atomic mass is 9.71. The number of likely N-dealkylation sites (N-methyl/N-ethyl adjacent to an activating group) is 1. The zero-order chi connectivity index (χ0) is 12.3. The van der Waals surface area contributed by atoms with E-state index in [2.05, 4.69) is 41.3 Å². The Morgan fingerprint density at radius 3 is 3.22 bits per heavy atom. The van der Waals surface area contributed by atoms with E-state index in [4.69, 9.17) is 5.73 Å². The van der Waals surface area contributed by atoms with Gasteiger partial charge in [-0.05, 0) is 43.6 Å². The van der Waals surface area contributed by atoms with Gasteiger partial charge < -0.3 is 10.7 Å². The van der Waals surface area contributed by atoms with Gasteiger partial charge >= 0.3 is 0 Å². The number of nitrogens with one attached hydrogen (secondary N) is 1. The van der Waals surface area contributed by atoms with E-state index in [9.17, 15) is 0 Å². The Morgan fingerprint density at radius 2 is 2.33 bits per heavy atom. The number of nitrogens with two attached hydrogens (primary N) is 1. The maximum absolute atomic E-state index is 6.77. The number of nitrogens with zero attached hydrogens (tertiary/aromatic N) is 1. The molecule has 4 rings (SSSR count). The van der Waals surface area contributed by atoms with Gasteiger partial charge in [-0.25, -0.2) is 0 Å². The van der Waals surface area contributed by atoms with E-state index >= 15 is 0 Å². The number of aromatic nitrogens is 1. The summed E-state index contributed by atoms with van der Waals surface area (Å²) in [5, 5.41) is 1.43. The minimum atomic E-state index is -0.193. The molecule has 3 nitrogen and oxygen atoms in total. The number of benzene rings is 1. The summed E-state index contributed by atoms with van der Waals surface area (Å²) >= 11 is 0. The van der Waals surface area contributed by atoms with Crippen molar-refractivity contribution >= 4 is 10.9 Å². The molecule has 2 heterocycles. The zero-order valence-electron chi connectivity index (χ0n) is 10.7. The van der Waals surface area contributed by atoms with Crippen LogP contribution in [0.3, 0.4) is 0 Å². The van der Waals surface area contributed by atoms with Gasteiger partial charge in [0.05, 0.1) is 5.66 Å². The highest BCUT2D eigenvalue weighted by Crippen LogP contribution is 2.46. The van der Waals surface area contributed by atoms with Crippen LogP contribution >= 0.6 is 0 Å². The average Bonchev–Trinajstić information content (AvgIpc) is 2.76. The van der Waals surface area contributed by atoms with Crippen molar-refractivity contribution in [2.75, 3.05) is 13.6 Å². The molecule has 1 fully saturated rings. The van der Waals surface area contributed by atoms with Crippen LogP contribution in [0.15, 0.2) is 24.4 Å². The summed E-state index contributed by atoms with van der Waals surface area (Å²) in [4.78, 5) is 5.74. The topological polar surface area (TPSA) is 45.0 Å². The van der Waals surface area contributed by atoms with Crippen LogP contribution in [-0.2, 0) is 6.42 Å². The van der Waals surface area contributed by atoms with E-state index < -0.39 is 0 Å². The number of hydrogen-bond acceptors (Lipinski definition) is 2. The first-order chi connectivity index (χ1) is 8.70. The van der Waals surface area contributed by atoms with Gasteiger partial charge in [0, 0.05) is 29.4 Å². The molecule has 94 valence electrons. The Hall–Kier alpha value is -1.32. The number of piperidine rings is 1. The highest BCUT2D eigenvalue weighted by atomic mass is 15.3. The van der Waals surface area contributed by atoms with Crippen molar-refractivity contribution in [2.24, 2.45) is 5.73 Å². The molecule has 2 atom stereocenters. The van der Waals surface area contributed by atoms with Crippen molar-refractivity contribution in [3.05, 3.63) is 35.5 Å². The largest absolute Gasteiger partial charge is 0.361 e. The fourth-order valence-electron chi connectivity index (χ4n) is 3.96. The van der Waals surface area contributed by atoms with E-state index in [1.54, 1.807) is 0 Å². The summed E-state index contributed by atoms with van der Waals surface area (Å²) in [6.45, 7) is 1.11. The van der Waals surface area contributed by atoms with Crippen LogP contribution in [0.25, 0.3) is 10.9 Å². The quantitative estimate of drug-likeness (QED) is 0.742. The SMILES string of the molecule is CN1CCCC2c3cccc4[nH]cc(c34)C[C@]21N. The fourth-order valence-corrected chi connectivity index (χ4v) is 3.96.